The molecule has 1 aromatic carbocycles. The number of carbonyl (C=O) groups excluding carboxylic acids is 1. The van der Waals surface area contributed by atoms with Crippen molar-refractivity contribution >= 4 is 11.7 Å². The molecule has 2 aromatic rings. The van der Waals surface area contributed by atoms with Gasteiger partial charge in [0.1, 0.15) is 11.6 Å². The minimum Gasteiger partial charge on any atom is -0.377 e. The highest BCUT2D eigenvalue weighted by molar-refractivity contribution is 5.97. The monoisotopic (exact) mass is 371 g/mol. The predicted molar refractivity (Wildman–Crippen MR) is 104 cm³/mol. The van der Waals surface area contributed by atoms with E-state index < -0.39 is 0 Å². The number of nitrogens with zero attached hydrogens (tertiary/aromatic N) is 2. The van der Waals surface area contributed by atoms with E-state index in [2.05, 4.69) is 17.1 Å². The molecule has 27 heavy (non-hydrogen) atoms. The molecule has 144 valence electrons. The summed E-state index contributed by atoms with van der Waals surface area (Å²) in [7, 11) is 0. The summed E-state index contributed by atoms with van der Waals surface area (Å²) >= 11 is 0. The summed E-state index contributed by atoms with van der Waals surface area (Å²) < 4.78 is 18.5. The lowest BCUT2D eigenvalue weighted by Gasteiger charge is -2.35. The SMILES string of the molecule is CCc1nc(N2CCOC[C@H]2C)cc(C)c1C(=O)NCc1ccc(F)cc1. The van der Waals surface area contributed by atoms with Gasteiger partial charge >= 0.3 is 0 Å². The summed E-state index contributed by atoms with van der Waals surface area (Å²) in [6.07, 6.45) is 0.673. The highest BCUT2D eigenvalue weighted by atomic mass is 19.1. The predicted octanol–water partition coefficient (Wildman–Crippen LogP) is 3.25. The minimum atomic E-state index is -0.286. The van der Waals surface area contributed by atoms with E-state index in [-0.39, 0.29) is 17.8 Å². The molecule has 1 N–H and O–H groups in total. The third-order valence-corrected chi connectivity index (χ3v) is 4.87. The lowest BCUT2D eigenvalue weighted by Crippen LogP contribution is -2.44. The van der Waals surface area contributed by atoms with Crippen molar-refractivity contribution in [3.8, 4) is 0 Å². The Morgan fingerprint density at radius 3 is 2.78 bits per heavy atom. The number of halogens is 1. The topological polar surface area (TPSA) is 54.5 Å². The first-order valence-corrected chi connectivity index (χ1v) is 9.37. The van der Waals surface area contributed by atoms with Gasteiger partial charge in [-0.3, -0.25) is 4.79 Å². The third kappa shape index (κ3) is 4.45. The van der Waals surface area contributed by atoms with Gasteiger partial charge in [0.15, 0.2) is 0 Å². The van der Waals surface area contributed by atoms with E-state index in [9.17, 15) is 9.18 Å². The van der Waals surface area contributed by atoms with E-state index in [0.29, 0.717) is 31.7 Å². The standard InChI is InChI=1S/C21H26FN3O2/c1-4-18-20(21(26)23-12-16-5-7-17(22)8-6-16)14(2)11-19(24-18)25-9-10-27-13-15(25)3/h5-8,11,15H,4,9-10,12-13H2,1-3H3,(H,23,26)/t15-/m1/s1. The van der Waals surface area contributed by atoms with Crippen LogP contribution in [0.3, 0.4) is 0 Å². The molecule has 1 atom stereocenters. The van der Waals surface area contributed by atoms with Gasteiger partial charge < -0.3 is 15.0 Å². The lowest BCUT2D eigenvalue weighted by atomic mass is 10.0. The zero-order valence-corrected chi connectivity index (χ0v) is 16.1. The van der Waals surface area contributed by atoms with Crippen LogP contribution in [0.2, 0.25) is 0 Å². The molecule has 1 aliphatic heterocycles. The Balaban J connectivity index is 1.79. The third-order valence-electron chi connectivity index (χ3n) is 4.87. The van der Waals surface area contributed by atoms with Crippen LogP contribution in [-0.4, -0.2) is 36.7 Å². The molecule has 0 unspecified atom stereocenters. The Kier molecular flexibility index (Phi) is 6.06. The molecular formula is C21H26FN3O2. The van der Waals surface area contributed by atoms with Crippen LogP contribution >= 0.6 is 0 Å². The van der Waals surface area contributed by atoms with Crippen LogP contribution in [0, 0.1) is 12.7 Å². The fourth-order valence-corrected chi connectivity index (χ4v) is 3.37. The smallest absolute Gasteiger partial charge is 0.253 e. The molecule has 6 heteroatoms. The molecule has 0 spiro atoms. The molecule has 1 aromatic heterocycles. The fraction of sp³-hybridized carbons (Fsp3) is 0.429. The first kappa shape index (κ1) is 19.3. The Hall–Kier alpha value is -2.47. The number of nitrogens with one attached hydrogen (secondary N) is 1. The Morgan fingerprint density at radius 2 is 2.11 bits per heavy atom. The van der Waals surface area contributed by atoms with Crippen LogP contribution < -0.4 is 10.2 Å². The number of rotatable bonds is 5. The van der Waals surface area contributed by atoms with Crippen LogP contribution in [0.15, 0.2) is 30.3 Å². The van der Waals surface area contributed by atoms with Crippen LogP contribution in [0.5, 0.6) is 0 Å². The van der Waals surface area contributed by atoms with Crippen molar-refractivity contribution in [3.63, 3.8) is 0 Å². The van der Waals surface area contributed by atoms with Gasteiger partial charge in [-0.25, -0.2) is 9.37 Å². The number of pyridine rings is 1. The maximum absolute atomic E-state index is 13.0. The number of hydrogen-bond donors (Lipinski definition) is 1. The molecule has 3 rings (SSSR count). The maximum Gasteiger partial charge on any atom is 0.253 e. The molecular weight excluding hydrogens is 345 g/mol. The van der Waals surface area contributed by atoms with Crippen molar-refractivity contribution in [3.05, 3.63) is 58.5 Å². The van der Waals surface area contributed by atoms with E-state index in [4.69, 9.17) is 9.72 Å². The van der Waals surface area contributed by atoms with E-state index in [1.165, 1.54) is 12.1 Å². The van der Waals surface area contributed by atoms with Crippen LogP contribution in [0.25, 0.3) is 0 Å². The largest absolute Gasteiger partial charge is 0.377 e. The summed E-state index contributed by atoms with van der Waals surface area (Å²) in [5.74, 6) is 0.462. The van der Waals surface area contributed by atoms with Gasteiger partial charge in [-0.05, 0) is 49.6 Å². The zero-order chi connectivity index (χ0) is 19.4. The van der Waals surface area contributed by atoms with Crippen LogP contribution in [-0.2, 0) is 17.7 Å². The van der Waals surface area contributed by atoms with E-state index in [1.54, 1.807) is 12.1 Å². The number of morpholine rings is 1. The Labute approximate surface area is 159 Å². The highest BCUT2D eigenvalue weighted by Gasteiger charge is 2.23. The van der Waals surface area contributed by atoms with Crippen molar-refractivity contribution in [2.24, 2.45) is 0 Å². The molecule has 2 heterocycles. The second-order valence-corrected chi connectivity index (χ2v) is 6.90. The van der Waals surface area contributed by atoms with Crippen LogP contribution in [0.1, 0.15) is 41.0 Å². The Bertz CT molecular complexity index is 808. The molecule has 0 aliphatic carbocycles. The van der Waals surface area contributed by atoms with Crippen molar-refractivity contribution in [2.45, 2.75) is 39.8 Å². The highest BCUT2D eigenvalue weighted by Crippen LogP contribution is 2.23. The molecule has 1 aliphatic rings. The van der Waals surface area contributed by atoms with E-state index in [1.807, 2.05) is 19.9 Å². The minimum absolute atomic E-state index is 0.150. The Morgan fingerprint density at radius 1 is 1.37 bits per heavy atom. The van der Waals surface area contributed by atoms with Gasteiger partial charge in [-0.2, -0.15) is 0 Å². The van der Waals surface area contributed by atoms with Crippen molar-refractivity contribution in [1.29, 1.82) is 0 Å². The van der Waals surface area contributed by atoms with Crippen molar-refractivity contribution < 1.29 is 13.9 Å². The summed E-state index contributed by atoms with van der Waals surface area (Å²) in [5, 5.41) is 2.92. The number of carbonyl (C=O) groups is 1. The second-order valence-electron chi connectivity index (χ2n) is 6.90. The molecule has 0 bridgehead atoms. The van der Waals surface area contributed by atoms with Gasteiger partial charge in [0, 0.05) is 13.1 Å². The summed E-state index contributed by atoms with van der Waals surface area (Å²) in [6, 6.07) is 8.37. The van der Waals surface area contributed by atoms with Gasteiger partial charge in [0.05, 0.1) is 30.5 Å². The number of hydrogen-bond acceptors (Lipinski definition) is 4. The molecule has 1 amide bonds. The molecule has 5 nitrogen and oxygen atoms in total. The summed E-state index contributed by atoms with van der Waals surface area (Å²) in [6.45, 7) is 8.59. The van der Waals surface area contributed by atoms with Gasteiger partial charge in [-0.1, -0.05) is 19.1 Å². The summed E-state index contributed by atoms with van der Waals surface area (Å²) in [5.41, 5.74) is 3.18. The van der Waals surface area contributed by atoms with E-state index in [0.717, 1.165) is 29.2 Å². The number of benzene rings is 1. The zero-order valence-electron chi connectivity index (χ0n) is 16.1. The van der Waals surface area contributed by atoms with Crippen molar-refractivity contribution in [1.82, 2.24) is 10.3 Å². The number of amides is 1. The lowest BCUT2D eigenvalue weighted by molar-refractivity contribution is 0.0947. The average molecular weight is 371 g/mol. The molecule has 0 radical (unpaired) electrons. The maximum atomic E-state index is 13.0. The average Bonchev–Trinajstić information content (AvgIpc) is 2.67. The first-order valence-electron chi connectivity index (χ1n) is 9.37. The summed E-state index contributed by atoms with van der Waals surface area (Å²) in [4.78, 5) is 19.8. The van der Waals surface area contributed by atoms with Crippen LogP contribution in [0.4, 0.5) is 10.2 Å². The number of aryl methyl sites for hydroxylation is 2. The first-order chi connectivity index (χ1) is 13.0. The van der Waals surface area contributed by atoms with E-state index >= 15 is 0 Å². The quantitative estimate of drug-likeness (QED) is 0.877. The van der Waals surface area contributed by atoms with Gasteiger partial charge in [0.2, 0.25) is 0 Å². The van der Waals surface area contributed by atoms with Gasteiger partial charge in [-0.15, -0.1) is 0 Å². The van der Waals surface area contributed by atoms with Crippen molar-refractivity contribution in [2.75, 3.05) is 24.7 Å². The number of aromatic nitrogens is 1. The molecule has 1 saturated heterocycles. The normalized spacial score (nSPS) is 17.0. The molecule has 1 fully saturated rings. The number of anilines is 1. The molecule has 0 saturated carbocycles. The number of ether oxygens (including phenoxy) is 1. The second kappa shape index (κ2) is 8.48. The fourth-order valence-electron chi connectivity index (χ4n) is 3.37. The van der Waals surface area contributed by atoms with Gasteiger partial charge in [0.25, 0.3) is 5.91 Å².